The van der Waals surface area contributed by atoms with E-state index < -0.39 is 5.92 Å². The minimum atomic E-state index is -0.579. The number of amidine groups is 1. The smallest absolute Gasteiger partial charge is 0.187 e. The van der Waals surface area contributed by atoms with Crippen LogP contribution in [-0.2, 0) is 0 Å². The van der Waals surface area contributed by atoms with Crippen molar-refractivity contribution in [3.05, 3.63) is 66.2 Å². The van der Waals surface area contributed by atoms with Gasteiger partial charge in [0.2, 0.25) is 0 Å². The highest BCUT2D eigenvalue weighted by molar-refractivity contribution is 7.80. The van der Waals surface area contributed by atoms with Crippen LogP contribution >= 0.6 is 12.2 Å². The molecular weight excluding hydrogens is 358 g/mol. The molecule has 1 atom stereocenters. The van der Waals surface area contributed by atoms with E-state index in [4.69, 9.17) is 12.2 Å². The first-order chi connectivity index (χ1) is 13.1. The van der Waals surface area contributed by atoms with Crippen LogP contribution < -0.4 is 15.8 Å². The summed E-state index contributed by atoms with van der Waals surface area (Å²) < 4.78 is 0. The third-order valence-corrected chi connectivity index (χ3v) is 4.32. The number of hydrogen-bond acceptors (Lipinski definition) is 4. The SMILES string of the molecule is CCNC(=S)NN=C1C(C(=O)c2ccccc2)C(C)=NN1c1ccccc1. The summed E-state index contributed by atoms with van der Waals surface area (Å²) in [5, 5.41) is 14.1. The second-order valence-electron chi connectivity index (χ2n) is 5.99. The number of thiocarbonyl (C=S) groups is 1. The second-order valence-corrected chi connectivity index (χ2v) is 6.40. The predicted octanol–water partition coefficient (Wildman–Crippen LogP) is 3.18. The summed E-state index contributed by atoms with van der Waals surface area (Å²) in [6.07, 6.45) is 0. The molecule has 1 aliphatic heterocycles. The van der Waals surface area contributed by atoms with Gasteiger partial charge in [-0.2, -0.15) is 10.2 Å². The molecule has 0 saturated carbocycles. The van der Waals surface area contributed by atoms with Crippen molar-refractivity contribution < 1.29 is 4.79 Å². The lowest BCUT2D eigenvalue weighted by Crippen LogP contribution is -2.38. The number of carbonyl (C=O) groups is 1. The Morgan fingerprint density at radius 1 is 1.15 bits per heavy atom. The molecule has 7 heteroatoms. The van der Waals surface area contributed by atoms with Gasteiger partial charge < -0.3 is 5.32 Å². The van der Waals surface area contributed by atoms with E-state index in [0.29, 0.717) is 28.8 Å². The van der Waals surface area contributed by atoms with Crippen molar-refractivity contribution in [1.82, 2.24) is 10.7 Å². The van der Waals surface area contributed by atoms with Crippen LogP contribution in [0.15, 0.2) is 70.9 Å². The third-order valence-electron chi connectivity index (χ3n) is 4.08. The number of benzene rings is 2. The van der Waals surface area contributed by atoms with Crippen molar-refractivity contribution in [3.63, 3.8) is 0 Å². The van der Waals surface area contributed by atoms with Crippen molar-refractivity contribution in [2.24, 2.45) is 16.1 Å². The molecule has 2 N–H and O–H groups in total. The standard InChI is InChI=1S/C20H21N5OS/c1-3-21-20(27)23-22-19-17(18(26)15-10-6-4-7-11-15)14(2)24-25(19)16-12-8-5-9-13-16/h4-13,17H,3H2,1-2H3,(H2,21,23,27). The summed E-state index contributed by atoms with van der Waals surface area (Å²) in [6.45, 7) is 4.47. The highest BCUT2D eigenvalue weighted by atomic mass is 32.1. The average molecular weight is 379 g/mol. The Labute approximate surface area is 164 Å². The molecule has 138 valence electrons. The number of carbonyl (C=O) groups excluding carboxylic acids is 1. The summed E-state index contributed by atoms with van der Waals surface area (Å²) in [5.74, 6) is -0.137. The maximum atomic E-state index is 13.2. The summed E-state index contributed by atoms with van der Waals surface area (Å²) in [6, 6.07) is 18.8. The highest BCUT2D eigenvalue weighted by Crippen LogP contribution is 2.27. The second kappa shape index (κ2) is 8.55. The fourth-order valence-corrected chi connectivity index (χ4v) is 3.02. The molecule has 0 saturated heterocycles. The van der Waals surface area contributed by atoms with Crippen molar-refractivity contribution in [2.45, 2.75) is 13.8 Å². The molecule has 2 aromatic rings. The zero-order chi connectivity index (χ0) is 19.2. The average Bonchev–Trinajstić information content (AvgIpc) is 3.03. The molecule has 27 heavy (non-hydrogen) atoms. The van der Waals surface area contributed by atoms with Gasteiger partial charge in [0, 0.05) is 12.1 Å². The molecule has 0 aliphatic carbocycles. The minimum absolute atomic E-state index is 0.0507. The highest BCUT2D eigenvalue weighted by Gasteiger charge is 2.38. The summed E-state index contributed by atoms with van der Waals surface area (Å²) in [7, 11) is 0. The third kappa shape index (κ3) is 4.20. The quantitative estimate of drug-likeness (QED) is 0.474. The zero-order valence-corrected chi connectivity index (χ0v) is 16.0. The first-order valence-corrected chi connectivity index (χ1v) is 9.13. The van der Waals surface area contributed by atoms with Gasteiger partial charge in [0.25, 0.3) is 0 Å². The maximum absolute atomic E-state index is 13.2. The van der Waals surface area contributed by atoms with Gasteiger partial charge in [-0.25, -0.2) is 5.01 Å². The lowest BCUT2D eigenvalue weighted by molar-refractivity contribution is 0.0979. The predicted molar refractivity (Wildman–Crippen MR) is 113 cm³/mol. The maximum Gasteiger partial charge on any atom is 0.187 e. The molecule has 0 fully saturated rings. The van der Waals surface area contributed by atoms with E-state index in [2.05, 4.69) is 20.9 Å². The largest absolute Gasteiger partial charge is 0.362 e. The van der Waals surface area contributed by atoms with Gasteiger partial charge in [-0.05, 0) is 38.2 Å². The van der Waals surface area contributed by atoms with Gasteiger partial charge in [-0.3, -0.25) is 10.2 Å². The van der Waals surface area contributed by atoms with Crippen LogP contribution in [0, 0.1) is 5.92 Å². The van der Waals surface area contributed by atoms with Gasteiger partial charge in [0.1, 0.15) is 5.92 Å². The zero-order valence-electron chi connectivity index (χ0n) is 15.2. The molecule has 0 bridgehead atoms. The van der Waals surface area contributed by atoms with Gasteiger partial charge in [0.15, 0.2) is 16.7 Å². The van der Waals surface area contributed by atoms with Crippen LogP contribution in [0.5, 0.6) is 0 Å². The van der Waals surface area contributed by atoms with Crippen molar-refractivity contribution in [2.75, 3.05) is 11.6 Å². The van der Waals surface area contributed by atoms with Crippen LogP contribution in [0.3, 0.4) is 0 Å². The Bertz CT molecular complexity index is 880. The number of hydrazone groups is 2. The summed E-state index contributed by atoms with van der Waals surface area (Å²) in [4.78, 5) is 13.2. The van der Waals surface area contributed by atoms with E-state index >= 15 is 0 Å². The molecule has 1 aliphatic rings. The van der Waals surface area contributed by atoms with Crippen LogP contribution in [0.1, 0.15) is 24.2 Å². The topological polar surface area (TPSA) is 69.1 Å². The number of nitrogens with one attached hydrogen (secondary N) is 2. The molecule has 0 spiro atoms. The van der Waals surface area contributed by atoms with E-state index in [0.717, 1.165) is 5.69 Å². The number of nitrogens with zero attached hydrogens (tertiary/aromatic N) is 3. The van der Waals surface area contributed by atoms with Crippen molar-refractivity contribution in [1.29, 1.82) is 0 Å². The fraction of sp³-hybridized carbons (Fsp3) is 0.200. The molecule has 3 rings (SSSR count). The van der Waals surface area contributed by atoms with Crippen LogP contribution in [0.4, 0.5) is 5.69 Å². The number of hydrogen-bond donors (Lipinski definition) is 2. The minimum Gasteiger partial charge on any atom is -0.362 e. The van der Waals surface area contributed by atoms with Crippen LogP contribution in [-0.4, -0.2) is 29.0 Å². The van der Waals surface area contributed by atoms with E-state index in [1.165, 1.54) is 0 Å². The monoisotopic (exact) mass is 379 g/mol. The molecule has 0 aromatic heterocycles. The van der Waals surface area contributed by atoms with Gasteiger partial charge in [-0.15, -0.1) is 0 Å². The molecule has 0 radical (unpaired) electrons. The molecular formula is C20H21N5OS. The van der Waals surface area contributed by atoms with Crippen LogP contribution in [0.2, 0.25) is 0 Å². The van der Waals surface area contributed by atoms with E-state index in [9.17, 15) is 4.79 Å². The molecule has 2 aromatic carbocycles. The van der Waals surface area contributed by atoms with E-state index in [1.807, 2.05) is 62.4 Å². The molecule has 0 amide bonds. The summed E-state index contributed by atoms with van der Waals surface area (Å²) >= 11 is 5.20. The summed E-state index contributed by atoms with van der Waals surface area (Å²) in [5.41, 5.74) is 4.95. The van der Waals surface area contributed by atoms with Crippen molar-refractivity contribution in [3.8, 4) is 0 Å². The Morgan fingerprint density at radius 2 is 1.78 bits per heavy atom. The molecule has 1 unspecified atom stereocenters. The lowest BCUT2D eigenvalue weighted by Gasteiger charge is -2.19. The van der Waals surface area contributed by atoms with Gasteiger partial charge >= 0.3 is 0 Å². The number of para-hydroxylation sites is 1. The Hall–Kier alpha value is -3.06. The first-order valence-electron chi connectivity index (χ1n) is 8.72. The Morgan fingerprint density at radius 3 is 2.41 bits per heavy atom. The van der Waals surface area contributed by atoms with Gasteiger partial charge in [-0.1, -0.05) is 48.5 Å². The number of Topliss-reactive ketones (excluding diaryl/α,β-unsaturated/α-hetero) is 1. The Kier molecular flexibility index (Phi) is 5.93. The number of rotatable bonds is 5. The number of anilines is 1. The fourth-order valence-electron chi connectivity index (χ4n) is 2.83. The van der Waals surface area contributed by atoms with Gasteiger partial charge in [0.05, 0.1) is 11.4 Å². The Balaban J connectivity index is 1.97. The number of ketones is 1. The molecule has 1 heterocycles. The van der Waals surface area contributed by atoms with E-state index in [1.54, 1.807) is 17.1 Å². The molecule has 6 nitrogen and oxygen atoms in total. The van der Waals surface area contributed by atoms with Crippen LogP contribution in [0.25, 0.3) is 0 Å². The normalized spacial score (nSPS) is 17.6. The van der Waals surface area contributed by atoms with Crippen molar-refractivity contribution >= 4 is 40.3 Å². The lowest BCUT2D eigenvalue weighted by atomic mass is 9.93. The first kappa shape index (κ1) is 18.7. The van der Waals surface area contributed by atoms with E-state index in [-0.39, 0.29) is 5.78 Å².